The van der Waals surface area contributed by atoms with Crippen molar-refractivity contribution in [2.75, 3.05) is 11.9 Å². The van der Waals surface area contributed by atoms with Gasteiger partial charge in [0.1, 0.15) is 5.58 Å². The van der Waals surface area contributed by atoms with Gasteiger partial charge >= 0.3 is 5.97 Å². The van der Waals surface area contributed by atoms with Gasteiger partial charge in [-0.15, -0.1) is 0 Å². The van der Waals surface area contributed by atoms with E-state index in [1.54, 1.807) is 37.5 Å². The van der Waals surface area contributed by atoms with Gasteiger partial charge in [-0.05, 0) is 61.4 Å². The van der Waals surface area contributed by atoms with E-state index in [0.717, 1.165) is 27.7 Å². The van der Waals surface area contributed by atoms with Crippen LogP contribution in [-0.2, 0) is 20.7 Å². The summed E-state index contributed by atoms with van der Waals surface area (Å²) in [6, 6.07) is 10.4. The second-order valence-electron chi connectivity index (χ2n) is 6.93. The Morgan fingerprint density at radius 1 is 1.03 bits per heavy atom. The smallest absolute Gasteiger partial charge is 0.310 e. The zero-order valence-corrected chi connectivity index (χ0v) is 16.7. The van der Waals surface area contributed by atoms with Crippen molar-refractivity contribution in [1.29, 1.82) is 0 Å². The van der Waals surface area contributed by atoms with Crippen LogP contribution in [0, 0.1) is 13.8 Å². The van der Waals surface area contributed by atoms with Crippen LogP contribution in [0.25, 0.3) is 11.0 Å². The highest BCUT2D eigenvalue weighted by molar-refractivity contribution is 5.99. The predicted octanol–water partition coefficient (Wildman–Crippen LogP) is 4.37. The van der Waals surface area contributed by atoms with Gasteiger partial charge in [0, 0.05) is 28.6 Å². The van der Waals surface area contributed by atoms with E-state index in [4.69, 9.17) is 9.15 Å². The van der Waals surface area contributed by atoms with Crippen molar-refractivity contribution in [2.45, 2.75) is 33.6 Å². The van der Waals surface area contributed by atoms with Crippen molar-refractivity contribution in [3.63, 3.8) is 0 Å². The molecule has 0 unspecified atom stereocenters. The number of furan rings is 1. The topological polar surface area (TPSA) is 85.6 Å². The zero-order chi connectivity index (χ0) is 21.0. The molecule has 0 saturated carbocycles. The van der Waals surface area contributed by atoms with Crippen LogP contribution in [0.2, 0.25) is 0 Å². The van der Waals surface area contributed by atoms with E-state index in [0.29, 0.717) is 17.7 Å². The Bertz CT molecular complexity index is 1060. The minimum absolute atomic E-state index is 0.0325. The first-order valence-corrected chi connectivity index (χ1v) is 9.43. The van der Waals surface area contributed by atoms with Gasteiger partial charge in [0.2, 0.25) is 5.91 Å². The third-order valence-electron chi connectivity index (χ3n) is 4.78. The highest BCUT2D eigenvalue weighted by Gasteiger charge is 2.15. The van der Waals surface area contributed by atoms with Crippen LogP contribution in [0.1, 0.15) is 40.4 Å². The number of ether oxygens (including phenoxy) is 1. The van der Waals surface area contributed by atoms with Crippen molar-refractivity contribution in [2.24, 2.45) is 0 Å². The number of Topliss-reactive ketones (excluding diaryl/α,β-unsaturated/α-hetero) is 1. The molecular formula is C23H23NO5. The summed E-state index contributed by atoms with van der Waals surface area (Å²) < 4.78 is 10.7. The second kappa shape index (κ2) is 8.73. The number of hydrogen-bond donors (Lipinski definition) is 1. The fourth-order valence-electron chi connectivity index (χ4n) is 2.90. The van der Waals surface area contributed by atoms with E-state index in [1.807, 2.05) is 26.0 Å². The maximum atomic E-state index is 12.3. The average Bonchev–Trinajstić information content (AvgIpc) is 3.08. The summed E-state index contributed by atoms with van der Waals surface area (Å²) in [5.41, 5.74) is 4.71. The maximum absolute atomic E-state index is 12.3. The molecule has 29 heavy (non-hydrogen) atoms. The Labute approximate surface area is 168 Å². The number of anilines is 1. The van der Waals surface area contributed by atoms with Crippen molar-refractivity contribution in [3.8, 4) is 0 Å². The number of carbonyl (C=O) groups is 3. The third kappa shape index (κ3) is 4.90. The molecule has 1 aromatic heterocycles. The molecule has 0 bridgehead atoms. The lowest BCUT2D eigenvalue weighted by atomic mass is 10.0. The number of carbonyl (C=O) groups excluding carboxylic acids is 3. The fourth-order valence-corrected chi connectivity index (χ4v) is 2.90. The largest absolute Gasteiger partial charge is 0.464 e. The number of ketones is 1. The average molecular weight is 393 g/mol. The summed E-state index contributed by atoms with van der Waals surface area (Å²) in [5, 5.41) is 3.59. The van der Waals surface area contributed by atoms with Gasteiger partial charge in [-0.2, -0.15) is 0 Å². The summed E-state index contributed by atoms with van der Waals surface area (Å²) >= 11 is 0. The molecule has 6 heteroatoms. The lowest BCUT2D eigenvalue weighted by molar-refractivity contribution is -0.141. The first kappa shape index (κ1) is 20.3. The van der Waals surface area contributed by atoms with Crippen molar-refractivity contribution < 1.29 is 23.5 Å². The van der Waals surface area contributed by atoms with E-state index in [9.17, 15) is 14.4 Å². The van der Waals surface area contributed by atoms with E-state index in [-0.39, 0.29) is 24.7 Å². The van der Waals surface area contributed by atoms with Gasteiger partial charge in [0.15, 0.2) is 12.4 Å². The lowest BCUT2D eigenvalue weighted by Crippen LogP contribution is -2.16. The van der Waals surface area contributed by atoms with Gasteiger partial charge in [0.05, 0.1) is 12.7 Å². The van der Waals surface area contributed by atoms with Gasteiger partial charge in [-0.1, -0.05) is 6.92 Å². The summed E-state index contributed by atoms with van der Waals surface area (Å²) in [5.74, 6) is -0.906. The molecule has 150 valence electrons. The number of fused-ring (bicyclic) bond motifs is 1. The Morgan fingerprint density at radius 2 is 1.72 bits per heavy atom. The molecule has 0 fully saturated rings. The quantitative estimate of drug-likeness (QED) is 0.476. The number of aryl methyl sites for hydroxylation is 2. The molecule has 0 saturated heterocycles. The van der Waals surface area contributed by atoms with Crippen LogP contribution in [0.15, 0.2) is 47.1 Å². The third-order valence-corrected chi connectivity index (χ3v) is 4.78. The van der Waals surface area contributed by atoms with E-state index in [1.165, 1.54) is 0 Å². The molecule has 1 N–H and O–H groups in total. The summed E-state index contributed by atoms with van der Waals surface area (Å²) in [4.78, 5) is 35.8. The first-order chi connectivity index (χ1) is 13.9. The van der Waals surface area contributed by atoms with Crippen LogP contribution in [0.5, 0.6) is 0 Å². The van der Waals surface area contributed by atoms with Crippen LogP contribution in [0.4, 0.5) is 5.69 Å². The van der Waals surface area contributed by atoms with E-state index >= 15 is 0 Å². The minimum atomic E-state index is -0.494. The van der Waals surface area contributed by atoms with Crippen LogP contribution < -0.4 is 5.32 Å². The number of rotatable bonds is 7. The van der Waals surface area contributed by atoms with Gasteiger partial charge in [-0.25, -0.2) is 0 Å². The maximum Gasteiger partial charge on any atom is 0.310 e. The van der Waals surface area contributed by atoms with Crippen molar-refractivity contribution >= 4 is 34.3 Å². The molecule has 6 nitrogen and oxygen atoms in total. The monoisotopic (exact) mass is 393 g/mol. The molecule has 3 rings (SSSR count). The first-order valence-electron chi connectivity index (χ1n) is 9.43. The van der Waals surface area contributed by atoms with Gasteiger partial charge < -0.3 is 14.5 Å². The lowest BCUT2D eigenvalue weighted by Gasteiger charge is -2.06. The van der Waals surface area contributed by atoms with Gasteiger partial charge in [0.25, 0.3) is 0 Å². The molecule has 0 atom stereocenters. The molecule has 0 aliphatic carbocycles. The molecular weight excluding hydrogens is 370 g/mol. The second-order valence-corrected chi connectivity index (χ2v) is 6.93. The Morgan fingerprint density at radius 3 is 2.41 bits per heavy atom. The molecule has 2 aromatic carbocycles. The minimum Gasteiger partial charge on any atom is -0.464 e. The van der Waals surface area contributed by atoms with Crippen LogP contribution >= 0.6 is 0 Å². The number of esters is 1. The molecule has 1 heterocycles. The van der Waals surface area contributed by atoms with Gasteiger partial charge in [-0.3, -0.25) is 14.4 Å². The number of nitrogens with one attached hydrogen (secondary N) is 1. The molecule has 0 aliphatic heterocycles. The standard InChI is InChI=1S/C23H23NO5/c1-4-22(26)24-18-7-5-16(6-8-18)20(25)13-29-23(27)11-17-12-28-21-10-15(3)14(2)9-19(17)21/h5-10,12H,4,11,13H2,1-3H3,(H,24,26). The van der Waals surface area contributed by atoms with Crippen LogP contribution in [0.3, 0.4) is 0 Å². The summed E-state index contributed by atoms with van der Waals surface area (Å²) in [6.45, 7) is 5.42. The van der Waals surface area contributed by atoms with E-state index < -0.39 is 5.97 Å². The predicted molar refractivity (Wildman–Crippen MR) is 110 cm³/mol. The zero-order valence-electron chi connectivity index (χ0n) is 16.7. The Kier molecular flexibility index (Phi) is 6.12. The molecule has 3 aromatic rings. The molecule has 0 spiro atoms. The Balaban J connectivity index is 1.57. The van der Waals surface area contributed by atoms with Crippen molar-refractivity contribution in [1.82, 2.24) is 0 Å². The summed E-state index contributed by atoms with van der Waals surface area (Å²) in [6.07, 6.45) is 1.96. The highest BCUT2D eigenvalue weighted by Crippen LogP contribution is 2.25. The SMILES string of the molecule is CCC(=O)Nc1ccc(C(=O)COC(=O)Cc2coc3cc(C)c(C)cc23)cc1. The highest BCUT2D eigenvalue weighted by atomic mass is 16.5. The van der Waals surface area contributed by atoms with Crippen LogP contribution in [-0.4, -0.2) is 24.3 Å². The normalized spacial score (nSPS) is 10.7. The van der Waals surface area contributed by atoms with E-state index in [2.05, 4.69) is 5.32 Å². The van der Waals surface area contributed by atoms with Crippen molar-refractivity contribution in [3.05, 3.63) is 64.9 Å². The number of benzene rings is 2. The summed E-state index contributed by atoms with van der Waals surface area (Å²) in [7, 11) is 0. The fraction of sp³-hybridized carbons (Fsp3) is 0.261. The number of hydrogen-bond acceptors (Lipinski definition) is 5. The Hall–Kier alpha value is -3.41. The molecule has 1 amide bonds. The number of amides is 1. The molecule has 0 aliphatic rings. The molecule has 0 radical (unpaired) electrons.